The number of aromatic nitrogens is 2. The summed E-state index contributed by atoms with van der Waals surface area (Å²) >= 11 is 3.61. The Bertz CT molecular complexity index is 683. The molecule has 0 spiro atoms. The summed E-state index contributed by atoms with van der Waals surface area (Å²) in [6.07, 6.45) is 2.34. The minimum absolute atomic E-state index is 0.234. The van der Waals surface area contributed by atoms with Gasteiger partial charge in [0, 0.05) is 18.0 Å². The van der Waals surface area contributed by atoms with Gasteiger partial charge < -0.3 is 5.32 Å². The van der Waals surface area contributed by atoms with E-state index in [0.29, 0.717) is 11.7 Å². The highest BCUT2D eigenvalue weighted by atomic mass is 79.9. The van der Waals surface area contributed by atoms with Gasteiger partial charge in [-0.15, -0.1) is 0 Å². The van der Waals surface area contributed by atoms with Crippen LogP contribution in [0.1, 0.15) is 36.9 Å². The van der Waals surface area contributed by atoms with E-state index < -0.39 is 0 Å². The van der Waals surface area contributed by atoms with E-state index in [2.05, 4.69) is 26.2 Å². The molecule has 0 unspecified atom stereocenters. The predicted octanol–water partition coefficient (Wildman–Crippen LogP) is 4.66. The molecule has 0 amide bonds. The molecule has 5 heteroatoms. The van der Waals surface area contributed by atoms with E-state index >= 15 is 0 Å². The Kier molecular flexibility index (Phi) is 3.93. The molecule has 3 rings (SSSR count). The van der Waals surface area contributed by atoms with Crippen molar-refractivity contribution in [2.45, 2.75) is 32.6 Å². The van der Waals surface area contributed by atoms with E-state index in [9.17, 15) is 4.39 Å². The van der Waals surface area contributed by atoms with Gasteiger partial charge in [0.1, 0.15) is 11.6 Å². The van der Waals surface area contributed by atoms with Crippen LogP contribution in [0, 0.1) is 12.7 Å². The highest BCUT2D eigenvalue weighted by molar-refractivity contribution is 9.10. The molecule has 1 N–H and O–H groups in total. The first-order chi connectivity index (χ1) is 10.1. The second-order valence-corrected chi connectivity index (χ2v) is 6.15. The van der Waals surface area contributed by atoms with Gasteiger partial charge in [-0.2, -0.15) is 0 Å². The smallest absolute Gasteiger partial charge is 0.162 e. The van der Waals surface area contributed by atoms with E-state index in [4.69, 9.17) is 4.98 Å². The summed E-state index contributed by atoms with van der Waals surface area (Å²) in [5.74, 6) is 1.75. The normalized spacial score (nSPS) is 14.3. The fourth-order valence-corrected chi connectivity index (χ4v) is 3.02. The van der Waals surface area contributed by atoms with Gasteiger partial charge in [-0.3, -0.25) is 0 Å². The third kappa shape index (κ3) is 2.93. The molecule has 0 radical (unpaired) electrons. The highest BCUT2D eigenvalue weighted by Crippen LogP contribution is 2.44. The van der Waals surface area contributed by atoms with Crippen molar-refractivity contribution in [1.82, 2.24) is 9.97 Å². The van der Waals surface area contributed by atoms with Gasteiger partial charge in [-0.05, 0) is 66.4 Å². The molecule has 110 valence electrons. The zero-order valence-electron chi connectivity index (χ0n) is 12.1. The van der Waals surface area contributed by atoms with Crippen LogP contribution in [0.2, 0.25) is 0 Å². The molecular weight excluding hydrogens is 333 g/mol. The van der Waals surface area contributed by atoms with E-state index in [1.807, 2.05) is 13.8 Å². The summed E-state index contributed by atoms with van der Waals surface area (Å²) in [4.78, 5) is 9.32. The Morgan fingerprint density at radius 2 is 2.10 bits per heavy atom. The molecule has 1 aliphatic rings. The molecule has 1 aromatic heterocycles. The molecule has 0 atom stereocenters. The first-order valence-electron chi connectivity index (χ1n) is 7.18. The maximum atomic E-state index is 13.3. The van der Waals surface area contributed by atoms with Gasteiger partial charge in [0.2, 0.25) is 0 Å². The van der Waals surface area contributed by atoms with E-state index in [1.165, 1.54) is 25.0 Å². The van der Waals surface area contributed by atoms with Crippen LogP contribution in [0.3, 0.4) is 0 Å². The molecule has 0 bridgehead atoms. The number of nitrogens with zero attached hydrogens (tertiary/aromatic N) is 2. The summed E-state index contributed by atoms with van der Waals surface area (Å²) in [5.41, 5.74) is 2.78. The van der Waals surface area contributed by atoms with Gasteiger partial charge in [0.25, 0.3) is 0 Å². The molecule has 1 fully saturated rings. The largest absolute Gasteiger partial charge is 0.369 e. The molecule has 1 saturated carbocycles. The van der Waals surface area contributed by atoms with Crippen LogP contribution in [-0.2, 0) is 0 Å². The van der Waals surface area contributed by atoms with Crippen molar-refractivity contribution in [1.29, 1.82) is 0 Å². The van der Waals surface area contributed by atoms with Crippen molar-refractivity contribution < 1.29 is 4.39 Å². The molecule has 1 heterocycles. The van der Waals surface area contributed by atoms with E-state index in [1.54, 1.807) is 6.07 Å². The Balaban J connectivity index is 2.13. The summed E-state index contributed by atoms with van der Waals surface area (Å²) in [7, 11) is 0. The second-order valence-electron chi connectivity index (χ2n) is 5.36. The van der Waals surface area contributed by atoms with Gasteiger partial charge in [-0.25, -0.2) is 14.4 Å². The molecule has 1 aliphatic carbocycles. The first kappa shape index (κ1) is 14.4. The van der Waals surface area contributed by atoms with Crippen molar-refractivity contribution in [3.63, 3.8) is 0 Å². The Morgan fingerprint density at radius 1 is 1.33 bits per heavy atom. The molecule has 3 nitrogen and oxygen atoms in total. The lowest BCUT2D eigenvalue weighted by Crippen LogP contribution is -2.06. The number of nitrogens with one attached hydrogen (secondary N) is 1. The molecule has 2 aromatic rings. The molecule has 0 saturated heterocycles. The van der Waals surface area contributed by atoms with Gasteiger partial charge in [0.15, 0.2) is 5.82 Å². The fourth-order valence-electron chi connectivity index (χ4n) is 2.37. The number of benzene rings is 1. The monoisotopic (exact) mass is 349 g/mol. The van der Waals surface area contributed by atoms with Crippen LogP contribution in [0.5, 0.6) is 0 Å². The van der Waals surface area contributed by atoms with Crippen molar-refractivity contribution in [2.75, 3.05) is 11.9 Å². The van der Waals surface area contributed by atoms with Crippen molar-refractivity contribution in [3.8, 4) is 11.4 Å². The van der Waals surface area contributed by atoms with E-state index in [-0.39, 0.29) is 5.82 Å². The number of hydrogen-bond donors (Lipinski definition) is 1. The molecular formula is C16H17BrFN3. The van der Waals surface area contributed by atoms with Gasteiger partial charge in [-0.1, -0.05) is 0 Å². The van der Waals surface area contributed by atoms with Crippen LogP contribution >= 0.6 is 15.9 Å². The van der Waals surface area contributed by atoms with Crippen LogP contribution in [-0.4, -0.2) is 16.5 Å². The SMILES string of the molecule is CCNc1nc(-c2ccc(F)cc2C)nc(C2CC2)c1Br. The average Bonchev–Trinajstić information content (AvgIpc) is 3.26. The third-order valence-corrected chi connectivity index (χ3v) is 4.40. The Labute approximate surface area is 132 Å². The molecule has 0 aliphatic heterocycles. The topological polar surface area (TPSA) is 37.8 Å². The van der Waals surface area contributed by atoms with Crippen LogP contribution < -0.4 is 5.32 Å². The van der Waals surface area contributed by atoms with Crippen molar-refractivity contribution >= 4 is 21.7 Å². The lowest BCUT2D eigenvalue weighted by molar-refractivity contribution is 0.627. The zero-order valence-corrected chi connectivity index (χ0v) is 13.7. The average molecular weight is 350 g/mol. The maximum Gasteiger partial charge on any atom is 0.162 e. The number of rotatable bonds is 4. The summed E-state index contributed by atoms with van der Waals surface area (Å²) < 4.78 is 14.2. The lowest BCUT2D eigenvalue weighted by atomic mass is 10.1. The van der Waals surface area contributed by atoms with Crippen LogP contribution in [0.25, 0.3) is 11.4 Å². The third-order valence-electron chi connectivity index (χ3n) is 3.61. The minimum atomic E-state index is -0.234. The number of hydrogen-bond acceptors (Lipinski definition) is 3. The summed E-state index contributed by atoms with van der Waals surface area (Å²) in [5, 5.41) is 3.27. The quantitative estimate of drug-likeness (QED) is 0.871. The fraction of sp³-hybridized carbons (Fsp3) is 0.375. The van der Waals surface area contributed by atoms with Crippen molar-refractivity contribution in [2.24, 2.45) is 0 Å². The van der Waals surface area contributed by atoms with Crippen LogP contribution in [0.15, 0.2) is 22.7 Å². The van der Waals surface area contributed by atoms with Gasteiger partial charge >= 0.3 is 0 Å². The predicted molar refractivity (Wildman–Crippen MR) is 86.0 cm³/mol. The second kappa shape index (κ2) is 5.72. The van der Waals surface area contributed by atoms with E-state index in [0.717, 1.165) is 33.7 Å². The molecule has 1 aromatic carbocycles. The Hall–Kier alpha value is -1.49. The first-order valence-corrected chi connectivity index (χ1v) is 7.97. The summed E-state index contributed by atoms with van der Waals surface area (Å²) in [6, 6.07) is 4.72. The lowest BCUT2D eigenvalue weighted by Gasteiger charge is -2.13. The Morgan fingerprint density at radius 3 is 2.71 bits per heavy atom. The number of halogens is 2. The van der Waals surface area contributed by atoms with Crippen LogP contribution in [0.4, 0.5) is 10.2 Å². The summed E-state index contributed by atoms with van der Waals surface area (Å²) in [6.45, 7) is 4.71. The molecule has 21 heavy (non-hydrogen) atoms. The standard InChI is InChI=1S/C16H17BrFN3/c1-3-19-16-13(17)14(10-4-5-10)20-15(21-16)12-7-6-11(18)8-9(12)2/h6-8,10H,3-5H2,1-2H3,(H,19,20,21). The number of anilines is 1. The number of aryl methyl sites for hydroxylation is 1. The van der Waals surface area contributed by atoms with Gasteiger partial charge in [0.05, 0.1) is 10.2 Å². The maximum absolute atomic E-state index is 13.3. The minimum Gasteiger partial charge on any atom is -0.369 e. The zero-order chi connectivity index (χ0) is 15.0. The van der Waals surface area contributed by atoms with Crippen molar-refractivity contribution in [3.05, 3.63) is 39.7 Å². The highest BCUT2D eigenvalue weighted by Gasteiger charge is 2.29.